The zero-order valence-corrected chi connectivity index (χ0v) is 16.4. The SMILES string of the molecule is O=C(O)c1cc(CN2CCCCC2c2nc3ccccc3[nH]2)c2ccccn2c1=O. The number of hydrogen-bond acceptors (Lipinski definition) is 4. The molecule has 0 aliphatic carbocycles. The molecule has 1 aliphatic rings. The summed E-state index contributed by atoms with van der Waals surface area (Å²) in [6.45, 7) is 1.44. The third-order valence-corrected chi connectivity index (χ3v) is 5.90. The van der Waals surface area contributed by atoms with E-state index in [1.54, 1.807) is 12.3 Å². The van der Waals surface area contributed by atoms with Gasteiger partial charge in [-0.15, -0.1) is 0 Å². The smallest absolute Gasteiger partial charge is 0.341 e. The van der Waals surface area contributed by atoms with Crippen molar-refractivity contribution >= 4 is 22.5 Å². The van der Waals surface area contributed by atoms with Crippen molar-refractivity contribution in [3.05, 3.63) is 82.0 Å². The zero-order valence-electron chi connectivity index (χ0n) is 16.4. The molecule has 0 radical (unpaired) electrons. The number of aromatic amines is 1. The molecule has 7 heteroatoms. The van der Waals surface area contributed by atoms with Gasteiger partial charge in [0, 0.05) is 12.7 Å². The first kappa shape index (κ1) is 18.6. The van der Waals surface area contributed by atoms with Crippen molar-refractivity contribution in [3.63, 3.8) is 0 Å². The average molecular weight is 402 g/mol. The maximum atomic E-state index is 12.6. The molecule has 0 spiro atoms. The molecule has 1 aliphatic heterocycles. The Labute approximate surface area is 172 Å². The average Bonchev–Trinajstić information content (AvgIpc) is 3.20. The van der Waals surface area contributed by atoms with Gasteiger partial charge in [-0.05, 0) is 55.3 Å². The summed E-state index contributed by atoms with van der Waals surface area (Å²) in [6.07, 6.45) is 4.80. The van der Waals surface area contributed by atoms with Crippen molar-refractivity contribution < 1.29 is 9.90 Å². The highest BCUT2D eigenvalue weighted by molar-refractivity contribution is 5.88. The minimum atomic E-state index is -1.20. The lowest BCUT2D eigenvalue weighted by Gasteiger charge is -2.34. The van der Waals surface area contributed by atoms with E-state index < -0.39 is 11.5 Å². The quantitative estimate of drug-likeness (QED) is 0.544. The van der Waals surface area contributed by atoms with Crippen molar-refractivity contribution in [2.24, 2.45) is 0 Å². The highest BCUT2D eigenvalue weighted by Crippen LogP contribution is 2.32. The lowest BCUT2D eigenvalue weighted by molar-refractivity contribution is 0.0694. The van der Waals surface area contributed by atoms with Crippen LogP contribution in [0.15, 0.2) is 59.5 Å². The molecule has 5 rings (SSSR count). The number of pyridine rings is 2. The first-order valence-electron chi connectivity index (χ1n) is 10.2. The Kier molecular flexibility index (Phi) is 4.59. The van der Waals surface area contributed by atoms with E-state index >= 15 is 0 Å². The molecule has 4 aromatic rings. The fourth-order valence-electron chi connectivity index (χ4n) is 4.44. The largest absolute Gasteiger partial charge is 0.477 e. The van der Waals surface area contributed by atoms with Crippen LogP contribution in [0.25, 0.3) is 16.6 Å². The van der Waals surface area contributed by atoms with Crippen LogP contribution < -0.4 is 5.56 Å². The normalized spacial score (nSPS) is 17.5. The predicted molar refractivity (Wildman–Crippen MR) is 114 cm³/mol. The first-order valence-corrected chi connectivity index (χ1v) is 10.2. The Bertz CT molecular complexity index is 1270. The van der Waals surface area contributed by atoms with Crippen LogP contribution in [0.2, 0.25) is 0 Å². The summed E-state index contributed by atoms with van der Waals surface area (Å²) in [7, 11) is 0. The number of carboxylic acids is 1. The van der Waals surface area contributed by atoms with Crippen molar-refractivity contribution in [3.8, 4) is 0 Å². The van der Waals surface area contributed by atoms with E-state index in [2.05, 4.69) is 9.88 Å². The van der Waals surface area contributed by atoms with Crippen LogP contribution in [0, 0.1) is 0 Å². The monoisotopic (exact) mass is 402 g/mol. The third-order valence-electron chi connectivity index (χ3n) is 5.90. The highest BCUT2D eigenvalue weighted by atomic mass is 16.4. The molecule has 152 valence electrons. The highest BCUT2D eigenvalue weighted by Gasteiger charge is 2.27. The van der Waals surface area contributed by atoms with Crippen molar-refractivity contribution in [2.45, 2.75) is 31.8 Å². The summed E-state index contributed by atoms with van der Waals surface area (Å²) in [6, 6.07) is 15.1. The van der Waals surface area contributed by atoms with Gasteiger partial charge in [0.05, 0.1) is 22.6 Å². The Morgan fingerprint density at radius 3 is 2.83 bits per heavy atom. The molecule has 30 heavy (non-hydrogen) atoms. The van der Waals surface area contributed by atoms with Gasteiger partial charge < -0.3 is 10.1 Å². The zero-order chi connectivity index (χ0) is 20.7. The molecule has 1 fully saturated rings. The minimum Gasteiger partial charge on any atom is -0.477 e. The Morgan fingerprint density at radius 2 is 2.00 bits per heavy atom. The number of nitrogens with one attached hydrogen (secondary N) is 1. The lowest BCUT2D eigenvalue weighted by Crippen LogP contribution is -2.34. The summed E-state index contributed by atoms with van der Waals surface area (Å²) < 4.78 is 1.43. The van der Waals surface area contributed by atoms with Crippen LogP contribution in [0.5, 0.6) is 0 Å². The maximum Gasteiger partial charge on any atom is 0.341 e. The van der Waals surface area contributed by atoms with Crippen LogP contribution in [-0.2, 0) is 6.54 Å². The number of imidazole rings is 1. The van der Waals surface area contributed by atoms with Crippen molar-refractivity contribution in [1.82, 2.24) is 19.3 Å². The summed E-state index contributed by atoms with van der Waals surface area (Å²) >= 11 is 0. The fourth-order valence-corrected chi connectivity index (χ4v) is 4.44. The molecule has 1 aromatic carbocycles. The van der Waals surface area contributed by atoms with Gasteiger partial charge in [-0.1, -0.05) is 24.6 Å². The number of carboxylic acid groups (broad SMARTS) is 1. The van der Waals surface area contributed by atoms with Gasteiger partial charge in [0.2, 0.25) is 0 Å². The van der Waals surface area contributed by atoms with Gasteiger partial charge >= 0.3 is 5.97 Å². The standard InChI is InChI=1S/C23H22N4O3/c28-22-16(23(29)30)13-15(19-9-4-6-12-27(19)22)14-26-11-5-3-10-20(26)21-24-17-7-1-2-8-18(17)25-21/h1-2,4,6-9,12-13,20H,3,5,10-11,14H2,(H,24,25)(H,29,30). The summed E-state index contributed by atoms with van der Waals surface area (Å²) in [4.78, 5) is 34.8. The molecule has 1 unspecified atom stereocenters. The molecular weight excluding hydrogens is 380 g/mol. The van der Waals surface area contributed by atoms with Crippen molar-refractivity contribution in [1.29, 1.82) is 0 Å². The van der Waals surface area contributed by atoms with Crippen LogP contribution in [0.3, 0.4) is 0 Å². The van der Waals surface area contributed by atoms with E-state index in [4.69, 9.17) is 4.98 Å². The first-order chi connectivity index (χ1) is 14.6. The van der Waals surface area contributed by atoms with E-state index in [9.17, 15) is 14.7 Å². The van der Waals surface area contributed by atoms with E-state index in [0.29, 0.717) is 6.54 Å². The van der Waals surface area contributed by atoms with E-state index in [-0.39, 0.29) is 11.6 Å². The van der Waals surface area contributed by atoms with E-state index in [1.807, 2.05) is 36.4 Å². The molecular formula is C23H22N4O3. The number of nitrogens with zero attached hydrogens (tertiary/aromatic N) is 3. The van der Waals surface area contributed by atoms with E-state index in [1.165, 1.54) is 10.5 Å². The number of H-pyrrole nitrogens is 1. The van der Waals surface area contributed by atoms with Crippen LogP contribution in [0.4, 0.5) is 0 Å². The number of piperidine rings is 1. The number of para-hydroxylation sites is 2. The Hall–Kier alpha value is -3.45. The number of rotatable bonds is 4. The Morgan fingerprint density at radius 1 is 1.17 bits per heavy atom. The van der Waals surface area contributed by atoms with Gasteiger partial charge in [-0.2, -0.15) is 0 Å². The minimum absolute atomic E-state index is 0.120. The second-order valence-electron chi connectivity index (χ2n) is 7.77. The number of hydrogen-bond donors (Lipinski definition) is 2. The molecule has 1 saturated heterocycles. The van der Waals surface area contributed by atoms with Gasteiger partial charge in [0.25, 0.3) is 5.56 Å². The molecule has 7 nitrogen and oxygen atoms in total. The molecule has 0 saturated carbocycles. The Balaban J connectivity index is 1.56. The number of aromatic nitrogens is 3. The molecule has 2 N–H and O–H groups in total. The van der Waals surface area contributed by atoms with Gasteiger partial charge in [-0.25, -0.2) is 9.78 Å². The predicted octanol–water partition coefficient (Wildman–Crippen LogP) is 3.60. The lowest BCUT2D eigenvalue weighted by atomic mass is 10.00. The third kappa shape index (κ3) is 3.17. The second kappa shape index (κ2) is 7.42. The molecule has 0 bridgehead atoms. The van der Waals surface area contributed by atoms with Crippen LogP contribution in [-0.4, -0.2) is 36.9 Å². The molecule has 3 aromatic heterocycles. The topological polar surface area (TPSA) is 90.7 Å². The van der Waals surface area contributed by atoms with Crippen molar-refractivity contribution in [2.75, 3.05) is 6.54 Å². The number of carbonyl (C=O) groups is 1. The molecule has 4 heterocycles. The van der Waals surface area contributed by atoms with Gasteiger partial charge in [-0.3, -0.25) is 14.1 Å². The number of benzene rings is 1. The number of fused-ring (bicyclic) bond motifs is 2. The second-order valence-corrected chi connectivity index (χ2v) is 7.77. The fraction of sp³-hybridized carbons (Fsp3) is 0.261. The maximum absolute atomic E-state index is 12.6. The van der Waals surface area contributed by atoms with Crippen LogP contribution in [0.1, 0.15) is 47.1 Å². The molecule has 1 atom stereocenters. The summed E-state index contributed by atoms with van der Waals surface area (Å²) in [5.74, 6) is -0.265. The van der Waals surface area contributed by atoms with Gasteiger partial charge in [0.15, 0.2) is 0 Å². The van der Waals surface area contributed by atoms with Gasteiger partial charge in [0.1, 0.15) is 11.4 Å². The number of likely N-dealkylation sites (tertiary alicyclic amines) is 1. The van der Waals surface area contributed by atoms with Crippen LogP contribution >= 0.6 is 0 Å². The number of aromatic carboxylic acids is 1. The summed E-state index contributed by atoms with van der Waals surface area (Å²) in [5, 5.41) is 9.52. The molecule has 0 amide bonds. The summed E-state index contributed by atoms with van der Waals surface area (Å²) in [5.41, 5.74) is 2.82. The van der Waals surface area contributed by atoms with E-state index in [0.717, 1.165) is 53.7 Å².